The summed E-state index contributed by atoms with van der Waals surface area (Å²) in [5.41, 5.74) is 6.86. The van der Waals surface area contributed by atoms with Crippen LogP contribution in [0.2, 0.25) is 0 Å². The van der Waals surface area contributed by atoms with E-state index in [1.54, 1.807) is 19.1 Å². The largest absolute Gasteiger partial charge is 0.349 e. The maximum absolute atomic E-state index is 12.3. The van der Waals surface area contributed by atoms with Crippen LogP contribution in [0.3, 0.4) is 0 Å². The van der Waals surface area contributed by atoms with Gasteiger partial charge in [0.2, 0.25) is 11.8 Å². The topological polar surface area (TPSA) is 75.4 Å². The van der Waals surface area contributed by atoms with Crippen LogP contribution < -0.4 is 11.1 Å². The van der Waals surface area contributed by atoms with Gasteiger partial charge < -0.3 is 16.0 Å². The van der Waals surface area contributed by atoms with Crippen molar-refractivity contribution in [1.82, 2.24) is 10.2 Å². The molecule has 0 aromatic heterocycles. The van der Waals surface area contributed by atoms with Crippen molar-refractivity contribution in [3.8, 4) is 0 Å². The molecule has 3 N–H and O–H groups in total. The van der Waals surface area contributed by atoms with E-state index >= 15 is 0 Å². The van der Waals surface area contributed by atoms with Gasteiger partial charge in [-0.3, -0.25) is 9.59 Å². The number of nitrogens with one attached hydrogen (secondary N) is 1. The van der Waals surface area contributed by atoms with E-state index in [9.17, 15) is 9.59 Å². The van der Waals surface area contributed by atoms with Gasteiger partial charge in [-0.25, -0.2) is 0 Å². The highest BCUT2D eigenvalue weighted by Crippen LogP contribution is 2.10. The normalized spacial score (nSPS) is 17.3. The fourth-order valence-corrected chi connectivity index (χ4v) is 2.92. The third-order valence-corrected chi connectivity index (χ3v) is 4.47. The highest BCUT2D eigenvalue weighted by atomic mass is 16.2. The zero-order chi connectivity index (χ0) is 18.1. The van der Waals surface area contributed by atoms with Crippen molar-refractivity contribution in [3.05, 3.63) is 48.0 Å². The summed E-state index contributed by atoms with van der Waals surface area (Å²) in [5.74, 6) is -0.174. The number of amides is 2. The van der Waals surface area contributed by atoms with Crippen LogP contribution in [0.4, 0.5) is 0 Å². The summed E-state index contributed by atoms with van der Waals surface area (Å²) in [6, 6.07) is 9.34. The van der Waals surface area contributed by atoms with E-state index in [4.69, 9.17) is 5.73 Å². The number of nitrogens with zero attached hydrogens (tertiary/aromatic N) is 1. The molecule has 1 aliphatic rings. The van der Waals surface area contributed by atoms with Gasteiger partial charge in [0.15, 0.2) is 0 Å². The predicted octanol–water partition coefficient (Wildman–Crippen LogP) is 2.02. The van der Waals surface area contributed by atoms with Gasteiger partial charge in [-0.1, -0.05) is 36.4 Å². The van der Waals surface area contributed by atoms with Crippen LogP contribution in [0.1, 0.15) is 38.2 Å². The second-order valence-corrected chi connectivity index (χ2v) is 6.67. The third kappa shape index (κ3) is 6.70. The fourth-order valence-electron chi connectivity index (χ4n) is 2.92. The lowest BCUT2D eigenvalue weighted by Crippen LogP contribution is -2.43. The van der Waals surface area contributed by atoms with Gasteiger partial charge in [0.1, 0.15) is 0 Å². The highest BCUT2D eigenvalue weighted by Gasteiger charge is 2.16. The maximum atomic E-state index is 12.3. The molecule has 1 fully saturated rings. The van der Waals surface area contributed by atoms with Crippen LogP contribution >= 0.6 is 0 Å². The van der Waals surface area contributed by atoms with Gasteiger partial charge in [-0.05, 0) is 44.6 Å². The van der Waals surface area contributed by atoms with E-state index in [0.717, 1.165) is 38.8 Å². The minimum Gasteiger partial charge on any atom is -0.349 e. The van der Waals surface area contributed by atoms with Crippen LogP contribution in [-0.4, -0.2) is 41.9 Å². The first-order chi connectivity index (χ1) is 12.1. The smallest absolute Gasteiger partial charge is 0.246 e. The number of likely N-dealkylation sites (tertiary alicyclic amines) is 1. The lowest BCUT2D eigenvalue weighted by atomic mass is 10.0. The van der Waals surface area contributed by atoms with Gasteiger partial charge in [0, 0.05) is 25.2 Å². The number of hydrogen-bond acceptors (Lipinski definition) is 3. The Morgan fingerprint density at radius 2 is 1.88 bits per heavy atom. The van der Waals surface area contributed by atoms with E-state index in [1.807, 2.05) is 23.1 Å². The van der Waals surface area contributed by atoms with Gasteiger partial charge in [0.25, 0.3) is 0 Å². The minimum atomic E-state index is -0.564. The zero-order valence-electron chi connectivity index (χ0n) is 15.0. The quantitative estimate of drug-likeness (QED) is 0.744. The number of carbonyl (C=O) groups is 2. The summed E-state index contributed by atoms with van der Waals surface area (Å²) in [5, 5.41) is 2.92. The average Bonchev–Trinajstić information content (AvgIpc) is 2.65. The van der Waals surface area contributed by atoms with Crippen LogP contribution in [0, 0.1) is 0 Å². The Labute approximate surface area is 150 Å². The lowest BCUT2D eigenvalue weighted by Gasteiger charge is -2.25. The summed E-state index contributed by atoms with van der Waals surface area (Å²) < 4.78 is 0. The average molecular weight is 343 g/mol. The molecule has 0 bridgehead atoms. The molecule has 0 spiro atoms. The molecule has 0 aliphatic carbocycles. The molecule has 2 rings (SSSR count). The van der Waals surface area contributed by atoms with Crippen molar-refractivity contribution in [2.45, 2.75) is 51.1 Å². The summed E-state index contributed by atoms with van der Waals surface area (Å²) >= 11 is 0. The number of rotatable bonds is 7. The molecule has 5 heteroatoms. The Bertz CT molecular complexity index is 578. The minimum absolute atomic E-state index is 0.0273. The molecule has 136 valence electrons. The Hall–Kier alpha value is -2.14. The van der Waals surface area contributed by atoms with Crippen molar-refractivity contribution < 1.29 is 9.59 Å². The molecule has 1 aliphatic heterocycles. The Morgan fingerprint density at radius 1 is 1.20 bits per heavy atom. The molecule has 1 saturated heterocycles. The summed E-state index contributed by atoms with van der Waals surface area (Å²) in [7, 11) is 0. The predicted molar refractivity (Wildman–Crippen MR) is 99.9 cm³/mol. The molecule has 5 nitrogen and oxygen atoms in total. The Balaban J connectivity index is 1.95. The standard InChI is InChI=1S/C20H29N3O2/c1-16(21)20(25)22-18(11-10-17-8-4-2-5-9-17)12-13-19(24)23-14-6-3-7-15-23/h2,4-5,8-9,12-13,16,18H,3,6-7,10-11,14-15,21H2,1H3,(H,22,25)/b13-12+/t16-,18-/m0/s1. The molecule has 2 amide bonds. The maximum Gasteiger partial charge on any atom is 0.246 e. The number of nitrogens with two attached hydrogens (primary N) is 1. The van der Waals surface area contributed by atoms with Crippen LogP contribution in [0.15, 0.2) is 42.5 Å². The molecule has 0 unspecified atom stereocenters. The second kappa shape index (κ2) is 9.99. The molecule has 25 heavy (non-hydrogen) atoms. The molecule has 1 aromatic carbocycles. The molecule has 0 saturated carbocycles. The first-order valence-electron chi connectivity index (χ1n) is 9.13. The Morgan fingerprint density at radius 3 is 2.52 bits per heavy atom. The van der Waals surface area contributed by atoms with Crippen LogP contribution in [-0.2, 0) is 16.0 Å². The van der Waals surface area contributed by atoms with Gasteiger partial charge >= 0.3 is 0 Å². The lowest BCUT2D eigenvalue weighted by molar-refractivity contribution is -0.127. The number of carbonyl (C=O) groups excluding carboxylic acids is 2. The first kappa shape index (κ1) is 19.2. The summed E-state index contributed by atoms with van der Waals surface area (Å²) in [4.78, 5) is 26.1. The van der Waals surface area contributed by atoms with Crippen LogP contribution in [0.25, 0.3) is 0 Å². The van der Waals surface area contributed by atoms with Crippen molar-refractivity contribution in [2.24, 2.45) is 5.73 Å². The van der Waals surface area contributed by atoms with E-state index < -0.39 is 6.04 Å². The number of piperidine rings is 1. The monoisotopic (exact) mass is 343 g/mol. The number of hydrogen-bond donors (Lipinski definition) is 2. The van der Waals surface area contributed by atoms with E-state index in [0.29, 0.717) is 0 Å². The summed E-state index contributed by atoms with van der Waals surface area (Å²) in [6.45, 7) is 3.31. The van der Waals surface area contributed by atoms with Crippen molar-refractivity contribution >= 4 is 11.8 Å². The van der Waals surface area contributed by atoms with Crippen molar-refractivity contribution in [3.63, 3.8) is 0 Å². The SMILES string of the molecule is C[C@H](N)C(=O)N[C@H](/C=C/C(=O)N1CCCCC1)CCc1ccccc1. The van der Waals surface area contributed by atoms with Gasteiger partial charge in [-0.2, -0.15) is 0 Å². The van der Waals surface area contributed by atoms with E-state index in [2.05, 4.69) is 17.4 Å². The Kier molecular flexibility index (Phi) is 7.67. The molecule has 1 heterocycles. The zero-order valence-corrected chi connectivity index (χ0v) is 15.0. The molecular weight excluding hydrogens is 314 g/mol. The first-order valence-corrected chi connectivity index (χ1v) is 9.13. The molecule has 1 aromatic rings. The van der Waals surface area contributed by atoms with Crippen molar-refractivity contribution in [1.29, 1.82) is 0 Å². The number of aryl methyl sites for hydroxylation is 1. The highest BCUT2D eigenvalue weighted by molar-refractivity contribution is 5.88. The molecular formula is C20H29N3O2. The van der Waals surface area contributed by atoms with Gasteiger partial charge in [-0.15, -0.1) is 0 Å². The molecule has 2 atom stereocenters. The summed E-state index contributed by atoms with van der Waals surface area (Å²) in [6.07, 6.45) is 8.29. The third-order valence-electron chi connectivity index (χ3n) is 4.47. The van der Waals surface area contributed by atoms with Crippen molar-refractivity contribution in [2.75, 3.05) is 13.1 Å². The second-order valence-electron chi connectivity index (χ2n) is 6.67. The van der Waals surface area contributed by atoms with E-state index in [-0.39, 0.29) is 17.9 Å². The van der Waals surface area contributed by atoms with Crippen LogP contribution in [0.5, 0.6) is 0 Å². The molecule has 0 radical (unpaired) electrons. The number of benzene rings is 1. The van der Waals surface area contributed by atoms with Gasteiger partial charge in [0.05, 0.1) is 6.04 Å². The van der Waals surface area contributed by atoms with E-state index in [1.165, 1.54) is 12.0 Å². The fraction of sp³-hybridized carbons (Fsp3) is 0.500.